The monoisotopic (exact) mass is 338 g/mol. The van der Waals surface area contributed by atoms with Crippen molar-refractivity contribution in [1.29, 1.82) is 0 Å². The van der Waals surface area contributed by atoms with Crippen LogP contribution in [0.5, 0.6) is 0 Å². The van der Waals surface area contributed by atoms with E-state index in [0.717, 1.165) is 37.3 Å². The van der Waals surface area contributed by atoms with Gasteiger partial charge in [0, 0.05) is 30.9 Å². The molecule has 2 fully saturated rings. The van der Waals surface area contributed by atoms with Gasteiger partial charge in [-0.25, -0.2) is 0 Å². The number of aromatic nitrogens is 3. The van der Waals surface area contributed by atoms with Crippen molar-refractivity contribution in [1.82, 2.24) is 25.8 Å². The highest BCUT2D eigenvalue weighted by atomic mass is 16.2. The molecule has 1 amide bonds. The Morgan fingerprint density at radius 2 is 1.96 bits per heavy atom. The molecule has 0 spiro atoms. The smallest absolute Gasteiger partial charge is 0.238 e. The van der Waals surface area contributed by atoms with E-state index in [1.807, 2.05) is 12.1 Å². The zero-order valence-corrected chi connectivity index (χ0v) is 14.1. The zero-order valence-electron chi connectivity index (χ0n) is 14.1. The topological polar surface area (TPSA) is 83.0 Å². The summed E-state index contributed by atoms with van der Waals surface area (Å²) < 4.78 is 0. The summed E-state index contributed by atoms with van der Waals surface area (Å²) in [5.41, 5.74) is 1.84. The molecule has 7 heteroatoms. The molecule has 0 radical (unpaired) electrons. The van der Waals surface area contributed by atoms with Crippen molar-refractivity contribution in [3.8, 4) is 0 Å². The standard InChI is InChI=1S/C18H22N6O/c25-18(14-10-20-11-14)24(17-2-1-7-22-23-17)15-3-4-16(21-12-15)13-5-8-19-9-6-13/h1-4,7,12-14,19-20H,5-6,8-11H2. The lowest BCUT2D eigenvalue weighted by atomic mass is 9.94. The van der Waals surface area contributed by atoms with Crippen molar-refractivity contribution in [2.24, 2.45) is 5.92 Å². The number of carbonyl (C=O) groups excluding carboxylic acids is 1. The molecule has 0 saturated carbocycles. The first kappa shape index (κ1) is 16.1. The minimum atomic E-state index is -0.0221. The number of piperidine rings is 1. The first-order valence-electron chi connectivity index (χ1n) is 8.82. The van der Waals surface area contributed by atoms with E-state index in [0.29, 0.717) is 24.8 Å². The molecule has 2 N–H and O–H groups in total. The number of carbonyl (C=O) groups is 1. The second-order valence-corrected chi connectivity index (χ2v) is 6.58. The number of nitrogens with zero attached hydrogens (tertiary/aromatic N) is 4. The molecule has 0 bridgehead atoms. The summed E-state index contributed by atoms with van der Waals surface area (Å²) >= 11 is 0. The van der Waals surface area contributed by atoms with Crippen LogP contribution < -0.4 is 15.5 Å². The lowest BCUT2D eigenvalue weighted by molar-refractivity contribution is -0.123. The molecule has 0 atom stereocenters. The van der Waals surface area contributed by atoms with Crippen LogP contribution in [0.25, 0.3) is 0 Å². The third-order valence-electron chi connectivity index (χ3n) is 4.92. The lowest BCUT2D eigenvalue weighted by Crippen LogP contribution is -2.51. The average molecular weight is 338 g/mol. The molecule has 2 aliphatic heterocycles. The number of anilines is 2. The van der Waals surface area contributed by atoms with Gasteiger partial charge >= 0.3 is 0 Å². The van der Waals surface area contributed by atoms with Crippen molar-refractivity contribution in [2.75, 3.05) is 31.1 Å². The van der Waals surface area contributed by atoms with Gasteiger partial charge in [-0.1, -0.05) is 0 Å². The normalized spacial score (nSPS) is 18.6. The highest BCUT2D eigenvalue weighted by Crippen LogP contribution is 2.29. The number of rotatable bonds is 4. The van der Waals surface area contributed by atoms with E-state index < -0.39 is 0 Å². The first-order chi connectivity index (χ1) is 12.3. The highest BCUT2D eigenvalue weighted by molar-refractivity contribution is 6.01. The van der Waals surface area contributed by atoms with Crippen LogP contribution in [-0.4, -0.2) is 47.3 Å². The quantitative estimate of drug-likeness (QED) is 0.872. The first-order valence-corrected chi connectivity index (χ1v) is 8.82. The van der Waals surface area contributed by atoms with Crippen LogP contribution in [0.4, 0.5) is 11.5 Å². The molecule has 4 rings (SSSR count). The predicted molar refractivity (Wildman–Crippen MR) is 94.6 cm³/mol. The SMILES string of the molecule is O=C(C1CNC1)N(c1ccc(C2CCNCC2)nc1)c1cccnn1. The van der Waals surface area contributed by atoms with Crippen molar-refractivity contribution in [3.05, 3.63) is 42.4 Å². The Kier molecular flexibility index (Phi) is 4.67. The maximum atomic E-state index is 12.9. The molecule has 4 heterocycles. The Hall–Kier alpha value is -2.38. The van der Waals surface area contributed by atoms with E-state index >= 15 is 0 Å². The summed E-state index contributed by atoms with van der Waals surface area (Å²) in [5, 5.41) is 14.6. The van der Waals surface area contributed by atoms with Crippen molar-refractivity contribution >= 4 is 17.4 Å². The van der Waals surface area contributed by atoms with Gasteiger partial charge < -0.3 is 10.6 Å². The van der Waals surface area contributed by atoms with E-state index in [1.54, 1.807) is 29.4 Å². The number of amides is 1. The average Bonchev–Trinajstić information content (AvgIpc) is 2.63. The fourth-order valence-corrected chi connectivity index (χ4v) is 3.32. The molecule has 0 aromatic carbocycles. The van der Waals surface area contributed by atoms with Crippen LogP contribution in [0.2, 0.25) is 0 Å². The van der Waals surface area contributed by atoms with Gasteiger partial charge in [0.2, 0.25) is 5.91 Å². The maximum Gasteiger partial charge on any atom is 0.238 e. The third kappa shape index (κ3) is 3.38. The highest BCUT2D eigenvalue weighted by Gasteiger charge is 2.32. The third-order valence-corrected chi connectivity index (χ3v) is 4.92. The minimum absolute atomic E-state index is 0.0221. The Morgan fingerprint density at radius 3 is 2.56 bits per heavy atom. The van der Waals surface area contributed by atoms with Crippen LogP contribution in [0.15, 0.2) is 36.7 Å². The number of hydrogen-bond donors (Lipinski definition) is 2. The molecule has 2 saturated heterocycles. The molecule has 0 unspecified atom stereocenters. The maximum absolute atomic E-state index is 12.9. The second-order valence-electron chi connectivity index (χ2n) is 6.58. The largest absolute Gasteiger partial charge is 0.317 e. The molecular weight excluding hydrogens is 316 g/mol. The van der Waals surface area contributed by atoms with Crippen molar-refractivity contribution in [3.63, 3.8) is 0 Å². The van der Waals surface area contributed by atoms with Gasteiger partial charge in [-0.3, -0.25) is 14.7 Å². The summed E-state index contributed by atoms with van der Waals surface area (Å²) in [6.07, 6.45) is 5.60. The van der Waals surface area contributed by atoms with Crippen LogP contribution in [0, 0.1) is 5.92 Å². The predicted octanol–water partition coefficient (Wildman–Crippen LogP) is 1.22. The number of hydrogen-bond acceptors (Lipinski definition) is 6. The summed E-state index contributed by atoms with van der Waals surface area (Å²) in [4.78, 5) is 19.2. The molecule has 2 aromatic rings. The van der Waals surface area contributed by atoms with Gasteiger partial charge in [0.15, 0.2) is 5.82 Å². The summed E-state index contributed by atoms with van der Waals surface area (Å²) in [7, 11) is 0. The second kappa shape index (κ2) is 7.25. The van der Waals surface area contributed by atoms with Gasteiger partial charge in [0.05, 0.1) is 17.8 Å². The molecule has 7 nitrogen and oxygen atoms in total. The van der Waals surface area contributed by atoms with Crippen LogP contribution in [-0.2, 0) is 4.79 Å². The summed E-state index contributed by atoms with van der Waals surface area (Å²) in [6.45, 7) is 3.48. The van der Waals surface area contributed by atoms with Gasteiger partial charge in [0.1, 0.15) is 0 Å². The van der Waals surface area contributed by atoms with E-state index in [1.165, 1.54) is 0 Å². The van der Waals surface area contributed by atoms with E-state index in [9.17, 15) is 4.79 Å². The number of nitrogens with one attached hydrogen (secondary N) is 2. The van der Waals surface area contributed by atoms with Crippen LogP contribution in [0.1, 0.15) is 24.5 Å². The molecule has 130 valence electrons. The Bertz CT molecular complexity index is 710. The molecule has 25 heavy (non-hydrogen) atoms. The Labute approximate surface area is 146 Å². The number of pyridine rings is 1. The fourth-order valence-electron chi connectivity index (χ4n) is 3.32. The van der Waals surface area contributed by atoms with E-state index in [-0.39, 0.29) is 11.8 Å². The molecule has 2 aromatic heterocycles. The Morgan fingerprint density at radius 1 is 1.12 bits per heavy atom. The fraction of sp³-hybridized carbons (Fsp3) is 0.444. The Balaban J connectivity index is 1.61. The minimum Gasteiger partial charge on any atom is -0.317 e. The van der Waals surface area contributed by atoms with Gasteiger partial charge in [-0.15, -0.1) is 5.10 Å². The summed E-state index contributed by atoms with van der Waals surface area (Å²) in [6, 6.07) is 7.61. The van der Waals surface area contributed by atoms with Gasteiger partial charge in [0.25, 0.3) is 0 Å². The van der Waals surface area contributed by atoms with Gasteiger partial charge in [-0.05, 0) is 50.2 Å². The van der Waals surface area contributed by atoms with Crippen LogP contribution in [0.3, 0.4) is 0 Å². The molecule has 2 aliphatic rings. The van der Waals surface area contributed by atoms with Crippen molar-refractivity contribution < 1.29 is 4.79 Å². The lowest BCUT2D eigenvalue weighted by Gasteiger charge is -2.31. The van der Waals surface area contributed by atoms with Gasteiger partial charge in [-0.2, -0.15) is 5.10 Å². The van der Waals surface area contributed by atoms with E-state index in [4.69, 9.17) is 0 Å². The summed E-state index contributed by atoms with van der Waals surface area (Å²) in [5.74, 6) is 1.05. The molecule has 0 aliphatic carbocycles. The van der Waals surface area contributed by atoms with E-state index in [2.05, 4.69) is 25.8 Å². The zero-order chi connectivity index (χ0) is 17.1. The van der Waals surface area contributed by atoms with Crippen LogP contribution >= 0.6 is 0 Å². The van der Waals surface area contributed by atoms with Crippen molar-refractivity contribution in [2.45, 2.75) is 18.8 Å². The molecular formula is C18H22N6O.